The van der Waals surface area contributed by atoms with Crippen LogP contribution in [0.1, 0.15) is 0 Å². The number of phenolic OH excluding ortho intramolecular Hbond substituents is 1. The molecule has 5 heteroatoms. The van der Waals surface area contributed by atoms with Crippen molar-refractivity contribution in [3.8, 4) is 11.4 Å². The molecule has 0 aliphatic carbocycles. The van der Waals surface area contributed by atoms with Gasteiger partial charge in [0.15, 0.2) is 0 Å². The molecule has 1 N–H and O–H groups in total. The van der Waals surface area contributed by atoms with Gasteiger partial charge in [-0.3, -0.25) is 0 Å². The number of benzene rings is 2. The average molecular weight is 246 g/mol. The molecule has 1 heterocycles. The van der Waals surface area contributed by atoms with Crippen molar-refractivity contribution >= 4 is 22.6 Å². The first kappa shape index (κ1) is 10.1. The highest BCUT2D eigenvalue weighted by Crippen LogP contribution is 2.24. The highest BCUT2D eigenvalue weighted by Gasteiger charge is 2.09. The summed E-state index contributed by atoms with van der Waals surface area (Å²) in [7, 11) is 0. The molecule has 84 valence electrons. The fraction of sp³-hybridized carbons (Fsp3) is 0. The van der Waals surface area contributed by atoms with Crippen molar-refractivity contribution in [2.24, 2.45) is 0 Å². The maximum Gasteiger partial charge on any atom is 0.141 e. The van der Waals surface area contributed by atoms with Crippen LogP contribution in [0.4, 0.5) is 0 Å². The molecule has 0 aliphatic rings. The number of hydrogen-bond donors (Lipinski definition) is 1. The van der Waals surface area contributed by atoms with Gasteiger partial charge in [0.2, 0.25) is 0 Å². The van der Waals surface area contributed by atoms with E-state index in [1.54, 1.807) is 35.0 Å². The second-order valence-electron chi connectivity index (χ2n) is 3.62. The van der Waals surface area contributed by atoms with E-state index < -0.39 is 0 Å². The van der Waals surface area contributed by atoms with E-state index in [1.165, 1.54) is 0 Å². The summed E-state index contributed by atoms with van der Waals surface area (Å²) in [5.74, 6) is 0.161. The number of phenols is 1. The van der Waals surface area contributed by atoms with Crippen LogP contribution in [0.5, 0.6) is 5.75 Å². The smallest absolute Gasteiger partial charge is 0.141 e. The highest BCUT2D eigenvalue weighted by molar-refractivity contribution is 6.31. The predicted molar refractivity (Wildman–Crippen MR) is 65.5 cm³/mol. The second-order valence-corrected chi connectivity index (χ2v) is 4.06. The summed E-state index contributed by atoms with van der Waals surface area (Å²) in [5, 5.41) is 18.4. The van der Waals surface area contributed by atoms with Crippen LogP contribution in [0.25, 0.3) is 16.7 Å². The van der Waals surface area contributed by atoms with E-state index in [0.29, 0.717) is 16.2 Å². The van der Waals surface area contributed by atoms with Crippen molar-refractivity contribution < 1.29 is 5.11 Å². The Morgan fingerprint density at radius 2 is 1.94 bits per heavy atom. The molecule has 0 aliphatic heterocycles. The lowest BCUT2D eigenvalue weighted by Gasteiger charge is -2.03. The van der Waals surface area contributed by atoms with E-state index in [9.17, 15) is 5.11 Å². The number of hydrogen-bond acceptors (Lipinski definition) is 3. The normalized spacial score (nSPS) is 10.9. The topological polar surface area (TPSA) is 50.9 Å². The molecule has 0 unspecified atom stereocenters. The Bertz CT molecular complexity index is 693. The van der Waals surface area contributed by atoms with Gasteiger partial charge >= 0.3 is 0 Å². The van der Waals surface area contributed by atoms with Gasteiger partial charge in [0.05, 0.1) is 5.52 Å². The third kappa shape index (κ3) is 1.62. The van der Waals surface area contributed by atoms with Crippen LogP contribution < -0.4 is 0 Å². The molecule has 0 fully saturated rings. The van der Waals surface area contributed by atoms with Crippen LogP contribution in [0.2, 0.25) is 5.02 Å². The van der Waals surface area contributed by atoms with Gasteiger partial charge in [0, 0.05) is 5.02 Å². The number of nitrogens with zero attached hydrogens (tertiary/aromatic N) is 3. The first-order valence-corrected chi connectivity index (χ1v) is 5.43. The molecule has 0 atom stereocenters. The number of aromatic nitrogens is 3. The Kier molecular flexibility index (Phi) is 2.23. The van der Waals surface area contributed by atoms with Gasteiger partial charge < -0.3 is 5.11 Å². The summed E-state index contributed by atoms with van der Waals surface area (Å²) < 4.78 is 1.58. The van der Waals surface area contributed by atoms with Gasteiger partial charge in [-0.05, 0) is 30.3 Å². The Labute approximate surface area is 102 Å². The minimum absolute atomic E-state index is 0.161. The van der Waals surface area contributed by atoms with E-state index >= 15 is 0 Å². The maximum atomic E-state index is 9.78. The molecule has 0 spiro atoms. The molecule has 17 heavy (non-hydrogen) atoms. The highest BCUT2D eigenvalue weighted by atomic mass is 35.5. The molecule has 0 saturated carbocycles. The van der Waals surface area contributed by atoms with E-state index in [-0.39, 0.29) is 5.75 Å². The zero-order valence-electron chi connectivity index (χ0n) is 8.71. The number of fused-ring (bicyclic) bond motifs is 1. The van der Waals surface area contributed by atoms with Crippen molar-refractivity contribution in [2.45, 2.75) is 0 Å². The molecule has 0 amide bonds. The fourth-order valence-electron chi connectivity index (χ4n) is 1.72. The quantitative estimate of drug-likeness (QED) is 0.717. The van der Waals surface area contributed by atoms with Gasteiger partial charge in [0.25, 0.3) is 0 Å². The van der Waals surface area contributed by atoms with Crippen LogP contribution in [0.15, 0.2) is 42.5 Å². The van der Waals surface area contributed by atoms with Crippen molar-refractivity contribution in [1.82, 2.24) is 15.0 Å². The Balaban J connectivity index is 2.29. The maximum absolute atomic E-state index is 9.78. The zero-order valence-corrected chi connectivity index (χ0v) is 9.46. The van der Waals surface area contributed by atoms with Crippen LogP contribution in [-0.4, -0.2) is 20.1 Å². The molecule has 0 radical (unpaired) electrons. The van der Waals surface area contributed by atoms with Gasteiger partial charge in [-0.15, -0.1) is 5.10 Å². The lowest BCUT2D eigenvalue weighted by molar-refractivity contribution is 0.470. The van der Waals surface area contributed by atoms with E-state index in [1.807, 2.05) is 12.1 Å². The molecule has 3 rings (SSSR count). The van der Waals surface area contributed by atoms with Crippen LogP contribution >= 0.6 is 11.6 Å². The fourth-order valence-corrected chi connectivity index (χ4v) is 1.88. The molecule has 0 saturated heterocycles. The van der Waals surface area contributed by atoms with Gasteiger partial charge in [-0.1, -0.05) is 28.9 Å². The Morgan fingerprint density at radius 1 is 1.12 bits per heavy atom. The van der Waals surface area contributed by atoms with Crippen molar-refractivity contribution in [3.63, 3.8) is 0 Å². The van der Waals surface area contributed by atoms with E-state index in [4.69, 9.17) is 11.6 Å². The van der Waals surface area contributed by atoms with Gasteiger partial charge in [-0.25, -0.2) is 4.68 Å². The monoisotopic (exact) mass is 245 g/mol. The first-order valence-electron chi connectivity index (χ1n) is 5.05. The Morgan fingerprint density at radius 3 is 2.76 bits per heavy atom. The second kappa shape index (κ2) is 3.75. The Hall–Kier alpha value is -2.07. The van der Waals surface area contributed by atoms with Crippen molar-refractivity contribution in [3.05, 3.63) is 47.5 Å². The summed E-state index contributed by atoms with van der Waals surface area (Å²) in [6, 6.07) is 12.3. The summed E-state index contributed by atoms with van der Waals surface area (Å²) >= 11 is 5.88. The minimum Gasteiger partial charge on any atom is -0.506 e. The zero-order chi connectivity index (χ0) is 11.8. The first-order chi connectivity index (χ1) is 8.25. The molecule has 4 nitrogen and oxygen atoms in total. The average Bonchev–Trinajstić information content (AvgIpc) is 2.72. The number of para-hydroxylation sites is 2. The number of halogens is 1. The van der Waals surface area contributed by atoms with Gasteiger partial charge in [-0.2, -0.15) is 0 Å². The van der Waals surface area contributed by atoms with Gasteiger partial charge in [0.1, 0.15) is 17.0 Å². The van der Waals surface area contributed by atoms with E-state index in [0.717, 1.165) is 5.52 Å². The number of aromatic hydroxyl groups is 1. The third-order valence-electron chi connectivity index (χ3n) is 2.52. The summed E-state index contributed by atoms with van der Waals surface area (Å²) in [5.41, 5.74) is 2.09. The van der Waals surface area contributed by atoms with Crippen molar-refractivity contribution in [2.75, 3.05) is 0 Å². The molecule has 3 aromatic rings. The lowest BCUT2D eigenvalue weighted by atomic mass is 10.2. The third-order valence-corrected chi connectivity index (χ3v) is 2.75. The largest absolute Gasteiger partial charge is 0.506 e. The SMILES string of the molecule is Oc1ccccc1-n1nnc2cc(Cl)ccc21. The summed E-state index contributed by atoms with van der Waals surface area (Å²) in [4.78, 5) is 0. The predicted octanol–water partition coefficient (Wildman–Crippen LogP) is 2.78. The molecular weight excluding hydrogens is 238 g/mol. The standard InChI is InChI=1S/C12H8ClN3O/c13-8-5-6-10-9(7-8)14-15-16(10)11-3-1-2-4-12(11)17/h1-7,17H. The molecule has 0 bridgehead atoms. The number of rotatable bonds is 1. The van der Waals surface area contributed by atoms with Crippen LogP contribution in [-0.2, 0) is 0 Å². The summed E-state index contributed by atoms with van der Waals surface area (Å²) in [6.45, 7) is 0. The van der Waals surface area contributed by atoms with Crippen LogP contribution in [0.3, 0.4) is 0 Å². The summed E-state index contributed by atoms with van der Waals surface area (Å²) in [6.07, 6.45) is 0. The molecule has 2 aromatic carbocycles. The molecule has 1 aromatic heterocycles. The van der Waals surface area contributed by atoms with Crippen LogP contribution in [0, 0.1) is 0 Å². The minimum atomic E-state index is 0.161. The van der Waals surface area contributed by atoms with Crippen molar-refractivity contribution in [1.29, 1.82) is 0 Å². The van der Waals surface area contributed by atoms with E-state index in [2.05, 4.69) is 10.3 Å². The molecular formula is C12H8ClN3O. The lowest BCUT2D eigenvalue weighted by Crippen LogP contribution is -1.96.